The summed E-state index contributed by atoms with van der Waals surface area (Å²) >= 11 is 3.75. The van der Waals surface area contributed by atoms with Crippen LogP contribution in [-0.2, 0) is 4.74 Å². The van der Waals surface area contributed by atoms with Crippen LogP contribution in [0.5, 0.6) is 0 Å². The largest absolute Gasteiger partial charge is 0.369 e. The molecule has 1 aromatic rings. The maximum Gasteiger partial charge on any atom is 0.0805 e. The second kappa shape index (κ2) is 6.67. The molecule has 0 bridgehead atoms. The number of nitrogens with zero attached hydrogens (tertiary/aromatic N) is 1. The van der Waals surface area contributed by atoms with Gasteiger partial charge in [-0.1, -0.05) is 13.0 Å². The van der Waals surface area contributed by atoms with Gasteiger partial charge >= 0.3 is 0 Å². The highest BCUT2D eigenvalue weighted by molar-refractivity contribution is 9.10. The minimum atomic E-state index is -0.104. The Balaban J connectivity index is 2.20. The van der Waals surface area contributed by atoms with Crippen LogP contribution in [0.1, 0.15) is 46.2 Å². The highest BCUT2D eigenvalue weighted by Gasteiger charge is 2.32. The molecule has 3 nitrogen and oxygen atoms in total. The quantitative estimate of drug-likeness (QED) is 0.879. The molecule has 1 aliphatic rings. The molecule has 2 rings (SSSR count). The van der Waals surface area contributed by atoms with Crippen LogP contribution in [0.4, 0.5) is 5.69 Å². The Kier molecular flexibility index (Phi) is 5.33. The molecule has 1 heterocycles. The Morgan fingerprint density at radius 3 is 2.76 bits per heavy atom. The number of anilines is 1. The van der Waals surface area contributed by atoms with Crippen LogP contribution in [0.15, 0.2) is 22.7 Å². The van der Waals surface area contributed by atoms with Crippen molar-refractivity contribution in [3.63, 3.8) is 0 Å². The summed E-state index contributed by atoms with van der Waals surface area (Å²) in [6.45, 7) is 13.6. The second-order valence-electron chi connectivity index (χ2n) is 6.56. The van der Waals surface area contributed by atoms with Gasteiger partial charge in [0.2, 0.25) is 0 Å². The van der Waals surface area contributed by atoms with Gasteiger partial charge in [-0.25, -0.2) is 0 Å². The van der Waals surface area contributed by atoms with Crippen LogP contribution < -0.4 is 10.2 Å². The zero-order valence-corrected chi connectivity index (χ0v) is 15.3. The van der Waals surface area contributed by atoms with Gasteiger partial charge in [0.25, 0.3) is 0 Å². The molecule has 0 aliphatic carbocycles. The first kappa shape index (κ1) is 16.8. The van der Waals surface area contributed by atoms with Gasteiger partial charge in [0, 0.05) is 23.6 Å². The molecule has 0 radical (unpaired) electrons. The Hall–Kier alpha value is -0.580. The fourth-order valence-electron chi connectivity index (χ4n) is 3.11. The summed E-state index contributed by atoms with van der Waals surface area (Å²) < 4.78 is 7.15. The van der Waals surface area contributed by atoms with E-state index in [0.29, 0.717) is 6.04 Å². The summed E-state index contributed by atoms with van der Waals surface area (Å²) in [6, 6.07) is 7.05. The number of morpholine rings is 1. The van der Waals surface area contributed by atoms with Gasteiger partial charge in [0.05, 0.1) is 17.4 Å². The van der Waals surface area contributed by atoms with E-state index in [2.05, 4.69) is 79.0 Å². The molecule has 21 heavy (non-hydrogen) atoms. The fraction of sp³-hybridized carbons (Fsp3) is 0.647. The molecule has 2 atom stereocenters. The molecule has 4 heteroatoms. The molecule has 1 fully saturated rings. The topological polar surface area (TPSA) is 24.5 Å². The van der Waals surface area contributed by atoms with Crippen molar-refractivity contribution in [3.8, 4) is 0 Å². The fourth-order valence-corrected chi connectivity index (χ4v) is 3.76. The van der Waals surface area contributed by atoms with Gasteiger partial charge in [-0.15, -0.1) is 0 Å². The molecular formula is C17H27BrN2O. The third-order valence-electron chi connectivity index (χ3n) is 3.89. The predicted molar refractivity (Wildman–Crippen MR) is 93.1 cm³/mol. The zero-order chi connectivity index (χ0) is 15.6. The van der Waals surface area contributed by atoms with Crippen molar-refractivity contribution in [2.45, 2.75) is 52.4 Å². The average molecular weight is 355 g/mol. The number of rotatable bonds is 4. The van der Waals surface area contributed by atoms with Gasteiger partial charge in [0.1, 0.15) is 0 Å². The van der Waals surface area contributed by atoms with Gasteiger partial charge in [-0.05, 0) is 67.9 Å². The summed E-state index contributed by atoms with van der Waals surface area (Å²) in [7, 11) is 0. The van der Waals surface area contributed by atoms with E-state index in [4.69, 9.17) is 4.74 Å². The number of nitrogens with one attached hydrogen (secondary N) is 1. The highest BCUT2D eigenvalue weighted by atomic mass is 79.9. The Morgan fingerprint density at radius 2 is 2.19 bits per heavy atom. The highest BCUT2D eigenvalue weighted by Crippen LogP contribution is 2.33. The minimum absolute atomic E-state index is 0.104. The third-order valence-corrected chi connectivity index (χ3v) is 4.53. The monoisotopic (exact) mass is 354 g/mol. The SMILES string of the molecule is CCNC(C)c1ccc(N2CC(C)OC(C)(C)C2)c(Br)c1. The van der Waals surface area contributed by atoms with Crippen molar-refractivity contribution < 1.29 is 4.74 Å². The normalized spacial score (nSPS) is 23.1. The number of hydrogen-bond acceptors (Lipinski definition) is 3. The van der Waals surface area contributed by atoms with Crippen molar-refractivity contribution in [2.75, 3.05) is 24.5 Å². The molecule has 1 saturated heterocycles. The third kappa shape index (κ3) is 4.21. The zero-order valence-electron chi connectivity index (χ0n) is 13.7. The van der Waals surface area contributed by atoms with E-state index in [-0.39, 0.29) is 11.7 Å². The first-order chi connectivity index (χ1) is 9.82. The lowest BCUT2D eigenvalue weighted by Gasteiger charge is -2.43. The summed E-state index contributed by atoms with van der Waals surface area (Å²) in [5, 5.41) is 3.45. The Labute approximate surface area is 137 Å². The summed E-state index contributed by atoms with van der Waals surface area (Å²) in [4.78, 5) is 2.42. The molecule has 0 saturated carbocycles. The molecule has 0 amide bonds. The Bertz CT molecular complexity index is 490. The van der Waals surface area contributed by atoms with Crippen molar-refractivity contribution in [1.82, 2.24) is 5.32 Å². The van der Waals surface area contributed by atoms with E-state index in [9.17, 15) is 0 Å². The lowest BCUT2D eigenvalue weighted by molar-refractivity contribution is -0.0750. The van der Waals surface area contributed by atoms with Crippen molar-refractivity contribution in [2.24, 2.45) is 0 Å². The number of ether oxygens (including phenoxy) is 1. The van der Waals surface area contributed by atoms with E-state index in [1.54, 1.807) is 0 Å². The van der Waals surface area contributed by atoms with E-state index < -0.39 is 0 Å². The molecule has 118 valence electrons. The van der Waals surface area contributed by atoms with Crippen LogP contribution in [0.2, 0.25) is 0 Å². The maximum absolute atomic E-state index is 5.99. The lowest BCUT2D eigenvalue weighted by atomic mass is 10.0. The van der Waals surface area contributed by atoms with Crippen LogP contribution in [0, 0.1) is 0 Å². The van der Waals surface area contributed by atoms with Crippen LogP contribution >= 0.6 is 15.9 Å². The average Bonchev–Trinajstić information content (AvgIpc) is 2.36. The molecule has 2 unspecified atom stereocenters. The molecule has 1 aliphatic heterocycles. The van der Waals surface area contributed by atoms with E-state index in [1.807, 2.05) is 0 Å². The molecule has 1 aromatic carbocycles. The van der Waals surface area contributed by atoms with Gasteiger partial charge < -0.3 is 15.0 Å². The number of hydrogen-bond donors (Lipinski definition) is 1. The van der Waals surface area contributed by atoms with Gasteiger partial charge in [-0.3, -0.25) is 0 Å². The standard InChI is InChI=1S/C17H27BrN2O/c1-6-19-13(3)14-7-8-16(15(18)9-14)20-10-12(2)21-17(4,5)11-20/h7-9,12-13,19H,6,10-11H2,1-5H3. The Morgan fingerprint density at radius 1 is 1.48 bits per heavy atom. The van der Waals surface area contributed by atoms with Gasteiger partial charge in [-0.2, -0.15) is 0 Å². The first-order valence-corrected chi connectivity index (χ1v) is 8.57. The lowest BCUT2D eigenvalue weighted by Crippen LogP contribution is -2.52. The maximum atomic E-state index is 5.99. The summed E-state index contributed by atoms with van der Waals surface area (Å²) in [6.07, 6.45) is 0.251. The smallest absolute Gasteiger partial charge is 0.0805 e. The van der Waals surface area contributed by atoms with Crippen molar-refractivity contribution in [1.29, 1.82) is 0 Å². The van der Waals surface area contributed by atoms with Crippen LogP contribution in [0.25, 0.3) is 0 Å². The first-order valence-electron chi connectivity index (χ1n) is 7.78. The number of halogens is 1. The van der Waals surface area contributed by atoms with Crippen LogP contribution in [0.3, 0.4) is 0 Å². The van der Waals surface area contributed by atoms with Crippen molar-refractivity contribution >= 4 is 21.6 Å². The van der Waals surface area contributed by atoms with Gasteiger partial charge in [0.15, 0.2) is 0 Å². The van der Waals surface area contributed by atoms with E-state index >= 15 is 0 Å². The van der Waals surface area contributed by atoms with E-state index in [0.717, 1.165) is 24.1 Å². The molecule has 1 N–H and O–H groups in total. The van der Waals surface area contributed by atoms with E-state index in [1.165, 1.54) is 11.3 Å². The predicted octanol–water partition coefficient (Wildman–Crippen LogP) is 4.12. The summed E-state index contributed by atoms with van der Waals surface area (Å²) in [5.41, 5.74) is 2.46. The van der Waals surface area contributed by atoms with Crippen LogP contribution in [-0.4, -0.2) is 31.3 Å². The summed E-state index contributed by atoms with van der Waals surface area (Å²) in [5.74, 6) is 0. The molecular weight excluding hydrogens is 328 g/mol. The second-order valence-corrected chi connectivity index (χ2v) is 7.41. The molecule has 0 spiro atoms. The minimum Gasteiger partial charge on any atom is -0.369 e. The number of benzene rings is 1. The van der Waals surface area contributed by atoms with Crippen molar-refractivity contribution in [3.05, 3.63) is 28.2 Å². The molecule has 0 aromatic heterocycles.